The van der Waals surface area contributed by atoms with Crippen LogP contribution in [0.3, 0.4) is 0 Å². The highest BCUT2D eigenvalue weighted by atomic mass is 32.1. The van der Waals surface area contributed by atoms with Crippen molar-refractivity contribution < 1.29 is 9.53 Å². The van der Waals surface area contributed by atoms with E-state index in [1.54, 1.807) is 4.90 Å². The molecule has 9 heavy (non-hydrogen) atoms. The van der Waals surface area contributed by atoms with Gasteiger partial charge in [-0.2, -0.15) is 0 Å². The first kappa shape index (κ1) is 6.77. The van der Waals surface area contributed by atoms with Crippen molar-refractivity contribution >= 4 is 17.9 Å². The predicted octanol–water partition coefficient (Wildman–Crippen LogP) is -0.0145. The maximum absolute atomic E-state index is 10.5. The minimum Gasteiger partial charge on any atom is -0.719 e. The van der Waals surface area contributed by atoms with Gasteiger partial charge in [-0.15, -0.1) is 0 Å². The van der Waals surface area contributed by atoms with Crippen LogP contribution in [0.5, 0.6) is 0 Å². The number of morpholine rings is 1. The number of nitrogens with zero attached hydrogens (tertiary/aromatic N) is 1. The molecule has 1 saturated heterocycles. The van der Waals surface area contributed by atoms with Crippen LogP contribution in [-0.4, -0.2) is 36.4 Å². The second kappa shape index (κ2) is 2.98. The van der Waals surface area contributed by atoms with E-state index in [-0.39, 0.29) is 5.24 Å². The van der Waals surface area contributed by atoms with Crippen molar-refractivity contribution in [2.45, 2.75) is 0 Å². The van der Waals surface area contributed by atoms with E-state index in [0.29, 0.717) is 26.3 Å². The maximum atomic E-state index is 10.5. The Hall–Kier alpha value is -0.350. The zero-order chi connectivity index (χ0) is 6.69. The van der Waals surface area contributed by atoms with Crippen molar-refractivity contribution in [1.29, 1.82) is 0 Å². The number of rotatable bonds is 0. The molecular formula is C5H8NO2S-. The number of amides is 1. The molecule has 0 aromatic heterocycles. The third-order valence-electron chi connectivity index (χ3n) is 1.27. The van der Waals surface area contributed by atoms with Gasteiger partial charge in [-0.1, -0.05) is 0 Å². The van der Waals surface area contributed by atoms with Gasteiger partial charge in [0.25, 0.3) is 0 Å². The van der Waals surface area contributed by atoms with Gasteiger partial charge in [-0.3, -0.25) is 0 Å². The molecule has 1 aliphatic rings. The van der Waals surface area contributed by atoms with E-state index in [1.807, 2.05) is 0 Å². The summed E-state index contributed by atoms with van der Waals surface area (Å²) in [7, 11) is 0. The minimum atomic E-state index is -0.265. The van der Waals surface area contributed by atoms with Crippen LogP contribution >= 0.6 is 0 Å². The highest BCUT2D eigenvalue weighted by Crippen LogP contribution is 1.96. The van der Waals surface area contributed by atoms with Crippen LogP contribution in [0.1, 0.15) is 0 Å². The molecule has 0 atom stereocenters. The van der Waals surface area contributed by atoms with Gasteiger partial charge < -0.3 is 27.1 Å². The smallest absolute Gasteiger partial charge is 0.101 e. The molecule has 4 heteroatoms. The summed E-state index contributed by atoms with van der Waals surface area (Å²) < 4.78 is 5.01. The van der Waals surface area contributed by atoms with E-state index in [0.717, 1.165) is 0 Å². The summed E-state index contributed by atoms with van der Waals surface area (Å²) in [6, 6.07) is 0. The monoisotopic (exact) mass is 146 g/mol. The van der Waals surface area contributed by atoms with Crippen LogP contribution in [0.25, 0.3) is 0 Å². The highest BCUT2D eigenvalue weighted by Gasteiger charge is 2.07. The fourth-order valence-corrected chi connectivity index (χ4v) is 0.928. The molecule has 52 valence electrons. The van der Waals surface area contributed by atoms with Gasteiger partial charge in [0, 0.05) is 13.1 Å². The Morgan fingerprint density at radius 1 is 1.44 bits per heavy atom. The molecule has 0 aromatic carbocycles. The SMILES string of the molecule is O=C([S-])N1CCOCC1. The van der Waals surface area contributed by atoms with E-state index in [4.69, 9.17) is 4.74 Å². The van der Waals surface area contributed by atoms with Crippen molar-refractivity contribution in [3.8, 4) is 0 Å². The Balaban J connectivity index is 2.31. The van der Waals surface area contributed by atoms with Gasteiger partial charge in [0.1, 0.15) is 5.24 Å². The fourth-order valence-electron chi connectivity index (χ4n) is 0.746. The summed E-state index contributed by atoms with van der Waals surface area (Å²) in [5.74, 6) is 0. The third-order valence-corrected chi connectivity index (χ3v) is 1.53. The van der Waals surface area contributed by atoms with Crippen molar-refractivity contribution in [3.05, 3.63) is 0 Å². The quantitative estimate of drug-likeness (QED) is 0.450. The van der Waals surface area contributed by atoms with Gasteiger partial charge in [0.15, 0.2) is 0 Å². The van der Waals surface area contributed by atoms with Crippen LogP contribution in [0.15, 0.2) is 0 Å². The molecule has 1 aliphatic heterocycles. The first-order chi connectivity index (χ1) is 4.30. The lowest BCUT2D eigenvalue weighted by atomic mass is 10.5. The molecule has 0 saturated carbocycles. The van der Waals surface area contributed by atoms with Gasteiger partial charge >= 0.3 is 0 Å². The number of hydrogen-bond acceptors (Lipinski definition) is 3. The average Bonchev–Trinajstić information content (AvgIpc) is 1.90. The molecule has 0 aliphatic carbocycles. The van der Waals surface area contributed by atoms with Crippen molar-refractivity contribution in [2.24, 2.45) is 0 Å². The van der Waals surface area contributed by atoms with E-state index < -0.39 is 0 Å². The molecule has 0 N–H and O–H groups in total. The molecule has 3 nitrogen and oxygen atoms in total. The Morgan fingerprint density at radius 3 is 2.33 bits per heavy atom. The number of ether oxygens (including phenoxy) is 1. The number of carbonyl (C=O) groups excluding carboxylic acids is 1. The Kier molecular flexibility index (Phi) is 2.24. The summed E-state index contributed by atoms with van der Waals surface area (Å²) >= 11 is 4.43. The summed E-state index contributed by atoms with van der Waals surface area (Å²) in [6.45, 7) is 2.56. The number of hydrogen-bond donors (Lipinski definition) is 0. The molecular weight excluding hydrogens is 138 g/mol. The van der Waals surface area contributed by atoms with Gasteiger partial charge in [-0.25, -0.2) is 0 Å². The van der Waals surface area contributed by atoms with Crippen LogP contribution in [-0.2, 0) is 17.4 Å². The molecule has 0 bridgehead atoms. The maximum Gasteiger partial charge on any atom is 0.101 e. The van der Waals surface area contributed by atoms with Gasteiger partial charge in [0.2, 0.25) is 0 Å². The topological polar surface area (TPSA) is 29.5 Å². The molecule has 0 aromatic rings. The lowest BCUT2D eigenvalue weighted by molar-refractivity contribution is 0.0593. The third kappa shape index (κ3) is 1.80. The molecule has 0 radical (unpaired) electrons. The lowest BCUT2D eigenvalue weighted by Gasteiger charge is -2.29. The summed E-state index contributed by atoms with van der Waals surface area (Å²) in [4.78, 5) is 12.1. The van der Waals surface area contributed by atoms with Crippen LogP contribution in [0, 0.1) is 0 Å². The summed E-state index contributed by atoms with van der Waals surface area (Å²) in [5.41, 5.74) is 0. The van der Waals surface area contributed by atoms with Crippen molar-refractivity contribution in [3.63, 3.8) is 0 Å². The van der Waals surface area contributed by atoms with E-state index in [9.17, 15) is 4.79 Å². The van der Waals surface area contributed by atoms with Gasteiger partial charge in [0.05, 0.1) is 13.2 Å². The molecule has 1 fully saturated rings. The summed E-state index contributed by atoms with van der Waals surface area (Å²) in [6.07, 6.45) is 0. The lowest BCUT2D eigenvalue weighted by Crippen LogP contribution is -2.38. The van der Waals surface area contributed by atoms with Gasteiger partial charge in [-0.05, 0) is 0 Å². The molecule has 1 rings (SSSR count). The van der Waals surface area contributed by atoms with E-state index >= 15 is 0 Å². The molecule has 0 unspecified atom stereocenters. The summed E-state index contributed by atoms with van der Waals surface area (Å²) in [5, 5.41) is -0.265. The highest BCUT2D eigenvalue weighted by molar-refractivity contribution is 7.76. The second-order valence-corrected chi connectivity index (χ2v) is 2.21. The fraction of sp³-hybridized carbons (Fsp3) is 0.800. The largest absolute Gasteiger partial charge is 0.719 e. The first-order valence-corrected chi connectivity index (χ1v) is 3.25. The predicted molar refractivity (Wildman–Crippen MR) is 35.2 cm³/mol. The normalized spacial score (nSPS) is 19.8. The zero-order valence-electron chi connectivity index (χ0n) is 5.00. The average molecular weight is 146 g/mol. The van der Waals surface area contributed by atoms with Crippen molar-refractivity contribution in [1.82, 2.24) is 4.90 Å². The Bertz CT molecular complexity index is 112. The minimum absolute atomic E-state index is 0.265. The Morgan fingerprint density at radius 2 is 2.00 bits per heavy atom. The standard InChI is InChI=1S/C5H9NO2S/c7-5(9)6-1-3-8-4-2-6/h1-4H2,(H,7,9)/p-1. The van der Waals surface area contributed by atoms with Crippen LogP contribution in [0.4, 0.5) is 4.79 Å². The first-order valence-electron chi connectivity index (χ1n) is 2.84. The molecule has 0 spiro atoms. The van der Waals surface area contributed by atoms with E-state index in [2.05, 4.69) is 12.6 Å². The van der Waals surface area contributed by atoms with Crippen LogP contribution < -0.4 is 0 Å². The Labute approximate surface area is 59.4 Å². The zero-order valence-corrected chi connectivity index (χ0v) is 5.82. The van der Waals surface area contributed by atoms with E-state index in [1.165, 1.54) is 0 Å². The van der Waals surface area contributed by atoms with Crippen molar-refractivity contribution in [2.75, 3.05) is 26.3 Å². The van der Waals surface area contributed by atoms with Crippen LogP contribution in [0.2, 0.25) is 0 Å². The molecule has 1 heterocycles. The molecule has 1 amide bonds. The number of carbonyl (C=O) groups is 1. The second-order valence-electron chi connectivity index (χ2n) is 1.87.